The number of hydrogen-bond donors (Lipinski definition) is 2. The summed E-state index contributed by atoms with van der Waals surface area (Å²) in [5.74, 6) is 1.66. The fraction of sp³-hybridized carbons (Fsp3) is 0.471. The molecule has 2 rings (SSSR count). The number of halogens is 1. The molecule has 0 amide bonds. The van der Waals surface area contributed by atoms with E-state index in [4.69, 9.17) is 0 Å². The van der Waals surface area contributed by atoms with Gasteiger partial charge in [-0.05, 0) is 38.0 Å². The Bertz CT molecular complexity index is 648. The van der Waals surface area contributed by atoms with Gasteiger partial charge in [0.2, 0.25) is 0 Å². The van der Waals surface area contributed by atoms with Crippen molar-refractivity contribution in [1.82, 2.24) is 25.4 Å². The molecular formula is C17H27IN6. The molecule has 0 bridgehead atoms. The van der Waals surface area contributed by atoms with Crippen LogP contribution in [0.3, 0.4) is 0 Å². The normalized spacial score (nSPS) is 11.1. The second-order valence-corrected chi connectivity index (χ2v) is 5.57. The van der Waals surface area contributed by atoms with Crippen LogP contribution in [0.2, 0.25) is 0 Å². The molecule has 2 N–H and O–H groups in total. The Balaban J connectivity index is 0.00000288. The molecule has 2 heterocycles. The first-order chi connectivity index (χ1) is 11.1. The summed E-state index contributed by atoms with van der Waals surface area (Å²) < 4.78 is 1.86. The number of aliphatic imine (C=N–C) groups is 1. The van der Waals surface area contributed by atoms with Crippen LogP contribution < -0.4 is 10.6 Å². The number of rotatable bonds is 6. The SMILES string of the molecule is CCCCNC(=NC)NCc1ccc(-n2nc(C)cc2C)nc1.I. The van der Waals surface area contributed by atoms with E-state index in [2.05, 4.69) is 38.7 Å². The topological polar surface area (TPSA) is 67.1 Å². The lowest BCUT2D eigenvalue weighted by Gasteiger charge is -2.11. The molecule has 0 aliphatic heterocycles. The van der Waals surface area contributed by atoms with E-state index in [0.717, 1.165) is 41.7 Å². The van der Waals surface area contributed by atoms with Gasteiger partial charge >= 0.3 is 0 Å². The van der Waals surface area contributed by atoms with Gasteiger partial charge in [-0.3, -0.25) is 4.99 Å². The van der Waals surface area contributed by atoms with Gasteiger partial charge in [0.05, 0.1) is 5.69 Å². The predicted molar refractivity (Wildman–Crippen MR) is 109 cm³/mol. The number of pyridine rings is 1. The van der Waals surface area contributed by atoms with Gasteiger partial charge in [-0.1, -0.05) is 19.4 Å². The number of aromatic nitrogens is 3. The first-order valence-corrected chi connectivity index (χ1v) is 8.07. The van der Waals surface area contributed by atoms with Gasteiger partial charge in [-0.15, -0.1) is 24.0 Å². The van der Waals surface area contributed by atoms with Crippen LogP contribution >= 0.6 is 24.0 Å². The fourth-order valence-electron chi connectivity index (χ4n) is 2.30. The zero-order valence-corrected chi connectivity index (χ0v) is 17.2. The monoisotopic (exact) mass is 442 g/mol. The third kappa shape index (κ3) is 5.77. The van der Waals surface area contributed by atoms with Gasteiger partial charge in [0.1, 0.15) is 0 Å². The summed E-state index contributed by atoms with van der Waals surface area (Å²) in [6.07, 6.45) is 4.18. The zero-order valence-electron chi connectivity index (χ0n) is 14.8. The molecule has 6 nitrogen and oxygen atoms in total. The summed E-state index contributed by atoms with van der Waals surface area (Å²) in [4.78, 5) is 8.72. The van der Waals surface area contributed by atoms with Crippen molar-refractivity contribution >= 4 is 29.9 Å². The van der Waals surface area contributed by atoms with Crippen molar-refractivity contribution in [2.45, 2.75) is 40.2 Å². The Morgan fingerprint density at radius 3 is 2.58 bits per heavy atom. The minimum atomic E-state index is 0. The van der Waals surface area contributed by atoms with E-state index in [1.165, 1.54) is 6.42 Å². The molecule has 0 aromatic carbocycles. The van der Waals surface area contributed by atoms with Crippen molar-refractivity contribution in [3.8, 4) is 5.82 Å². The van der Waals surface area contributed by atoms with Gasteiger partial charge in [0.25, 0.3) is 0 Å². The van der Waals surface area contributed by atoms with E-state index >= 15 is 0 Å². The molecule has 0 spiro atoms. The lowest BCUT2D eigenvalue weighted by atomic mass is 10.3. The summed E-state index contributed by atoms with van der Waals surface area (Å²) in [5.41, 5.74) is 3.19. The Morgan fingerprint density at radius 2 is 2.04 bits per heavy atom. The first kappa shape index (κ1) is 20.4. The fourth-order valence-corrected chi connectivity index (χ4v) is 2.30. The molecule has 0 unspecified atom stereocenters. The standard InChI is InChI=1S/C17H26N6.HI/c1-5-6-9-19-17(18-4)21-12-15-7-8-16(20-11-15)23-14(3)10-13(2)22-23;/h7-8,10-11H,5-6,9,12H2,1-4H3,(H2,18,19,21);1H. The summed E-state index contributed by atoms with van der Waals surface area (Å²) in [7, 11) is 1.78. The van der Waals surface area contributed by atoms with E-state index in [1.54, 1.807) is 7.05 Å². The number of nitrogens with one attached hydrogen (secondary N) is 2. The van der Waals surface area contributed by atoms with Crippen LogP contribution in [-0.2, 0) is 6.54 Å². The zero-order chi connectivity index (χ0) is 16.7. The van der Waals surface area contributed by atoms with Crippen LogP contribution in [0.25, 0.3) is 5.82 Å². The lowest BCUT2D eigenvalue weighted by molar-refractivity contribution is 0.728. The molecule has 0 saturated carbocycles. The maximum Gasteiger partial charge on any atom is 0.191 e. The summed E-state index contributed by atoms with van der Waals surface area (Å²) in [6.45, 7) is 7.82. The second-order valence-electron chi connectivity index (χ2n) is 5.57. The largest absolute Gasteiger partial charge is 0.356 e. The highest BCUT2D eigenvalue weighted by Crippen LogP contribution is 2.10. The second kappa shape index (κ2) is 10.3. The molecule has 0 fully saturated rings. The predicted octanol–water partition coefficient (Wildman–Crippen LogP) is 2.97. The molecule has 0 aliphatic rings. The summed E-state index contributed by atoms with van der Waals surface area (Å²) in [6, 6.07) is 6.10. The number of guanidine groups is 1. The van der Waals surface area contributed by atoms with Crippen LogP contribution in [-0.4, -0.2) is 34.3 Å². The summed E-state index contributed by atoms with van der Waals surface area (Å²) >= 11 is 0. The smallest absolute Gasteiger partial charge is 0.191 e. The minimum absolute atomic E-state index is 0. The van der Waals surface area contributed by atoms with Crippen molar-refractivity contribution in [1.29, 1.82) is 0 Å². The number of unbranched alkanes of at least 4 members (excludes halogenated alkanes) is 1. The van der Waals surface area contributed by atoms with Crippen molar-refractivity contribution in [3.05, 3.63) is 41.3 Å². The van der Waals surface area contributed by atoms with Gasteiger partial charge in [-0.25, -0.2) is 9.67 Å². The highest BCUT2D eigenvalue weighted by molar-refractivity contribution is 14.0. The molecule has 0 atom stereocenters. The first-order valence-electron chi connectivity index (χ1n) is 8.07. The number of nitrogens with zero attached hydrogens (tertiary/aromatic N) is 4. The van der Waals surface area contributed by atoms with E-state index in [1.807, 2.05) is 36.9 Å². The molecule has 2 aromatic rings. The third-order valence-electron chi connectivity index (χ3n) is 3.54. The maximum absolute atomic E-state index is 4.50. The molecular weight excluding hydrogens is 415 g/mol. The Morgan fingerprint density at radius 1 is 1.25 bits per heavy atom. The van der Waals surface area contributed by atoms with Crippen molar-refractivity contribution in [3.63, 3.8) is 0 Å². The van der Waals surface area contributed by atoms with Crippen molar-refractivity contribution < 1.29 is 0 Å². The molecule has 7 heteroatoms. The van der Waals surface area contributed by atoms with Crippen LogP contribution in [0, 0.1) is 13.8 Å². The molecule has 24 heavy (non-hydrogen) atoms. The van der Waals surface area contributed by atoms with Crippen LogP contribution in [0.4, 0.5) is 0 Å². The van der Waals surface area contributed by atoms with E-state index in [0.29, 0.717) is 6.54 Å². The molecule has 132 valence electrons. The van der Waals surface area contributed by atoms with Gasteiger partial charge < -0.3 is 10.6 Å². The van der Waals surface area contributed by atoms with Crippen LogP contribution in [0.1, 0.15) is 36.7 Å². The van der Waals surface area contributed by atoms with E-state index in [-0.39, 0.29) is 24.0 Å². The lowest BCUT2D eigenvalue weighted by Crippen LogP contribution is -2.37. The van der Waals surface area contributed by atoms with E-state index < -0.39 is 0 Å². The third-order valence-corrected chi connectivity index (χ3v) is 3.54. The molecule has 0 saturated heterocycles. The Labute approximate surface area is 161 Å². The number of aryl methyl sites for hydroxylation is 2. The van der Waals surface area contributed by atoms with Crippen LogP contribution in [0.5, 0.6) is 0 Å². The average Bonchev–Trinajstić information content (AvgIpc) is 2.90. The van der Waals surface area contributed by atoms with E-state index in [9.17, 15) is 0 Å². The Kier molecular flexibility index (Phi) is 8.73. The highest BCUT2D eigenvalue weighted by Gasteiger charge is 2.05. The summed E-state index contributed by atoms with van der Waals surface area (Å²) in [5, 5.41) is 11.0. The molecule has 0 aliphatic carbocycles. The van der Waals surface area contributed by atoms with Gasteiger partial charge in [0, 0.05) is 32.0 Å². The minimum Gasteiger partial charge on any atom is -0.356 e. The molecule has 2 aromatic heterocycles. The van der Waals surface area contributed by atoms with Crippen LogP contribution in [0.15, 0.2) is 29.4 Å². The quantitative estimate of drug-likeness (QED) is 0.313. The number of hydrogen-bond acceptors (Lipinski definition) is 3. The van der Waals surface area contributed by atoms with Crippen molar-refractivity contribution in [2.75, 3.05) is 13.6 Å². The Hall–Kier alpha value is -1.64. The molecule has 0 radical (unpaired) electrons. The van der Waals surface area contributed by atoms with Gasteiger partial charge in [0.15, 0.2) is 11.8 Å². The maximum atomic E-state index is 4.50. The average molecular weight is 442 g/mol. The van der Waals surface area contributed by atoms with Crippen molar-refractivity contribution in [2.24, 2.45) is 4.99 Å². The van der Waals surface area contributed by atoms with Gasteiger partial charge in [-0.2, -0.15) is 5.10 Å². The highest BCUT2D eigenvalue weighted by atomic mass is 127.